The number of carbonyl (C=O) groups excluding carboxylic acids is 1. The molecule has 0 spiro atoms. The normalized spacial score (nSPS) is 17.9. The highest BCUT2D eigenvalue weighted by Gasteiger charge is 2.36. The summed E-state index contributed by atoms with van der Waals surface area (Å²) in [6.45, 7) is 4.10. The number of sulfone groups is 1. The third-order valence-electron chi connectivity index (χ3n) is 5.04. The van der Waals surface area contributed by atoms with Gasteiger partial charge in [-0.3, -0.25) is 14.9 Å². The standard InChI is InChI=1S/C18H23N5O5S/c1-3-4-9-21(16-8-10-29(27,28)12-16)18(24)17-13(2)22(20-19-17)14-6-5-7-15(11-14)23(25)26/h5-7,11,16H,3-4,8-10,12H2,1-2H3. The Morgan fingerprint density at radius 2 is 2.17 bits per heavy atom. The third kappa shape index (κ3) is 4.44. The van der Waals surface area contributed by atoms with Gasteiger partial charge in [0.05, 0.1) is 27.8 Å². The van der Waals surface area contributed by atoms with Crippen LogP contribution in [0, 0.1) is 17.0 Å². The summed E-state index contributed by atoms with van der Waals surface area (Å²) in [5.74, 6) is -0.331. The molecule has 3 rings (SSSR count). The maximum Gasteiger partial charge on any atom is 0.276 e. The Labute approximate surface area is 168 Å². The second-order valence-electron chi connectivity index (χ2n) is 7.12. The molecule has 1 unspecified atom stereocenters. The zero-order chi connectivity index (χ0) is 21.2. The summed E-state index contributed by atoms with van der Waals surface area (Å²) in [4.78, 5) is 25.3. The summed E-state index contributed by atoms with van der Waals surface area (Å²) >= 11 is 0. The third-order valence-corrected chi connectivity index (χ3v) is 6.80. The summed E-state index contributed by atoms with van der Waals surface area (Å²) in [7, 11) is -3.14. The zero-order valence-corrected chi connectivity index (χ0v) is 17.1. The van der Waals surface area contributed by atoms with Gasteiger partial charge in [0.25, 0.3) is 11.6 Å². The first-order valence-corrected chi connectivity index (χ1v) is 11.2. The quantitative estimate of drug-likeness (QED) is 0.493. The molecule has 1 amide bonds. The van der Waals surface area contributed by atoms with E-state index in [1.165, 1.54) is 22.9 Å². The van der Waals surface area contributed by atoms with Crippen LogP contribution in [0.2, 0.25) is 0 Å². The van der Waals surface area contributed by atoms with Crippen molar-refractivity contribution in [3.8, 4) is 5.69 Å². The second kappa shape index (κ2) is 8.27. The van der Waals surface area contributed by atoms with Gasteiger partial charge in [0, 0.05) is 24.7 Å². The van der Waals surface area contributed by atoms with Crippen molar-refractivity contribution in [1.29, 1.82) is 0 Å². The van der Waals surface area contributed by atoms with Crippen molar-refractivity contribution < 1.29 is 18.1 Å². The molecular weight excluding hydrogens is 398 g/mol. The van der Waals surface area contributed by atoms with Gasteiger partial charge in [0.15, 0.2) is 15.5 Å². The highest BCUT2D eigenvalue weighted by atomic mass is 32.2. The fraction of sp³-hybridized carbons (Fsp3) is 0.500. The van der Waals surface area contributed by atoms with E-state index >= 15 is 0 Å². The Hall–Kier alpha value is -2.82. The van der Waals surface area contributed by atoms with Crippen molar-refractivity contribution in [1.82, 2.24) is 19.9 Å². The average molecular weight is 421 g/mol. The number of hydrogen-bond acceptors (Lipinski definition) is 7. The number of nitro groups is 1. The number of non-ortho nitro benzene ring substituents is 1. The van der Waals surface area contributed by atoms with Gasteiger partial charge in [-0.15, -0.1) is 5.10 Å². The minimum absolute atomic E-state index is 0.0412. The highest BCUT2D eigenvalue weighted by molar-refractivity contribution is 7.91. The number of nitro benzene ring substituents is 1. The van der Waals surface area contributed by atoms with Crippen LogP contribution in [0.3, 0.4) is 0 Å². The van der Waals surface area contributed by atoms with Crippen LogP contribution >= 0.6 is 0 Å². The Morgan fingerprint density at radius 1 is 1.41 bits per heavy atom. The number of unbranched alkanes of at least 4 members (excludes halogenated alkanes) is 1. The predicted octanol–water partition coefficient (Wildman–Crippen LogP) is 1.91. The molecule has 2 aromatic rings. The molecule has 1 saturated heterocycles. The van der Waals surface area contributed by atoms with Crippen LogP contribution in [0.5, 0.6) is 0 Å². The lowest BCUT2D eigenvalue weighted by Gasteiger charge is -2.27. The first-order valence-electron chi connectivity index (χ1n) is 9.42. The van der Waals surface area contributed by atoms with E-state index in [-0.39, 0.29) is 34.8 Å². The molecule has 0 radical (unpaired) electrons. The minimum atomic E-state index is -3.14. The van der Waals surface area contributed by atoms with E-state index in [1.807, 2.05) is 6.92 Å². The Bertz CT molecular complexity index is 1030. The maximum absolute atomic E-state index is 13.2. The minimum Gasteiger partial charge on any atom is -0.333 e. The van der Waals surface area contributed by atoms with Gasteiger partial charge in [0.2, 0.25) is 0 Å². The second-order valence-corrected chi connectivity index (χ2v) is 9.35. The molecule has 1 aromatic carbocycles. The lowest BCUT2D eigenvalue weighted by molar-refractivity contribution is -0.384. The number of aromatic nitrogens is 3. The van der Waals surface area contributed by atoms with Crippen LogP contribution in [-0.4, -0.2) is 63.2 Å². The first-order chi connectivity index (χ1) is 13.7. The van der Waals surface area contributed by atoms with E-state index in [4.69, 9.17) is 0 Å². The molecule has 156 valence electrons. The lowest BCUT2D eigenvalue weighted by atomic mass is 10.1. The van der Waals surface area contributed by atoms with Gasteiger partial charge in [-0.25, -0.2) is 13.1 Å². The summed E-state index contributed by atoms with van der Waals surface area (Å²) < 4.78 is 25.2. The molecule has 1 atom stereocenters. The number of rotatable bonds is 7. The van der Waals surface area contributed by atoms with E-state index < -0.39 is 14.8 Å². The van der Waals surface area contributed by atoms with Gasteiger partial charge in [0.1, 0.15) is 0 Å². The Kier molecular flexibility index (Phi) is 5.96. The SMILES string of the molecule is CCCCN(C(=O)c1nnn(-c2cccc([N+](=O)[O-])c2)c1C)C1CCS(=O)(=O)C1. The average Bonchev–Trinajstić information content (AvgIpc) is 3.24. The molecule has 29 heavy (non-hydrogen) atoms. The van der Waals surface area contributed by atoms with Crippen molar-refractivity contribution in [2.75, 3.05) is 18.1 Å². The van der Waals surface area contributed by atoms with Gasteiger partial charge in [-0.2, -0.15) is 0 Å². The Morgan fingerprint density at radius 3 is 2.79 bits per heavy atom. The molecule has 1 aliphatic rings. The first kappa shape index (κ1) is 20.9. The van der Waals surface area contributed by atoms with Gasteiger partial charge in [-0.05, 0) is 25.8 Å². The van der Waals surface area contributed by atoms with Crippen molar-refractivity contribution in [3.63, 3.8) is 0 Å². The number of carbonyl (C=O) groups is 1. The zero-order valence-electron chi connectivity index (χ0n) is 16.3. The molecule has 1 aliphatic heterocycles. The van der Waals surface area contributed by atoms with Crippen LogP contribution in [0.25, 0.3) is 5.69 Å². The molecule has 11 heteroatoms. The van der Waals surface area contributed by atoms with Crippen LogP contribution in [-0.2, 0) is 9.84 Å². The van der Waals surface area contributed by atoms with E-state index in [1.54, 1.807) is 17.9 Å². The number of amides is 1. The topological polar surface area (TPSA) is 128 Å². The van der Waals surface area contributed by atoms with Crippen molar-refractivity contribution in [2.24, 2.45) is 0 Å². The predicted molar refractivity (Wildman–Crippen MR) is 106 cm³/mol. The number of nitrogens with zero attached hydrogens (tertiary/aromatic N) is 5. The van der Waals surface area contributed by atoms with Gasteiger partial charge >= 0.3 is 0 Å². The maximum atomic E-state index is 13.2. The number of hydrogen-bond donors (Lipinski definition) is 0. The van der Waals surface area contributed by atoms with Crippen molar-refractivity contribution >= 4 is 21.4 Å². The largest absolute Gasteiger partial charge is 0.333 e. The molecule has 0 saturated carbocycles. The van der Waals surface area contributed by atoms with Crippen molar-refractivity contribution in [2.45, 2.75) is 39.2 Å². The summed E-state index contributed by atoms with van der Waals surface area (Å²) in [6.07, 6.45) is 2.03. The van der Waals surface area contributed by atoms with Crippen LogP contribution in [0.15, 0.2) is 24.3 Å². The molecule has 0 bridgehead atoms. The molecule has 1 fully saturated rings. The summed E-state index contributed by atoms with van der Waals surface area (Å²) in [5.41, 5.74) is 0.896. The van der Waals surface area contributed by atoms with E-state index in [2.05, 4.69) is 10.3 Å². The molecule has 0 aliphatic carbocycles. The Balaban J connectivity index is 1.92. The monoisotopic (exact) mass is 421 g/mol. The molecule has 1 aromatic heterocycles. The molecule has 2 heterocycles. The lowest BCUT2D eigenvalue weighted by Crippen LogP contribution is -2.42. The van der Waals surface area contributed by atoms with Gasteiger partial charge in [-0.1, -0.05) is 24.6 Å². The fourth-order valence-electron chi connectivity index (χ4n) is 3.45. The molecule has 10 nitrogen and oxygen atoms in total. The van der Waals surface area contributed by atoms with Crippen molar-refractivity contribution in [3.05, 3.63) is 45.8 Å². The van der Waals surface area contributed by atoms with E-state index in [0.29, 0.717) is 24.3 Å². The molecule has 0 N–H and O–H groups in total. The summed E-state index contributed by atoms with van der Waals surface area (Å²) in [5, 5.41) is 19.0. The van der Waals surface area contributed by atoms with Gasteiger partial charge < -0.3 is 4.90 Å². The van der Waals surface area contributed by atoms with Crippen LogP contribution in [0.4, 0.5) is 5.69 Å². The smallest absolute Gasteiger partial charge is 0.276 e. The van der Waals surface area contributed by atoms with Crippen LogP contribution in [0.1, 0.15) is 42.4 Å². The fourth-order valence-corrected chi connectivity index (χ4v) is 5.18. The van der Waals surface area contributed by atoms with E-state index in [9.17, 15) is 23.3 Å². The van der Waals surface area contributed by atoms with Crippen LogP contribution < -0.4 is 0 Å². The molecular formula is C18H23N5O5S. The number of benzene rings is 1. The van der Waals surface area contributed by atoms with E-state index in [0.717, 1.165) is 12.8 Å². The summed E-state index contributed by atoms with van der Waals surface area (Å²) in [6, 6.07) is 5.53. The highest BCUT2D eigenvalue weighted by Crippen LogP contribution is 2.23.